The standard InChI is InChI=1S/C20H15ClN6S/c21-16(11-14-7-3-1-4-8-14)13-22-27-19(25-26-20(27)28)18-12-17(23-24-18)15-9-5-2-6-10-15/h1-13H,(H,23,24)(H,26,28)/b16-11-,22-13+. The van der Waals surface area contributed by atoms with E-state index >= 15 is 0 Å². The predicted molar refractivity (Wildman–Crippen MR) is 115 cm³/mol. The molecule has 0 amide bonds. The van der Waals surface area contributed by atoms with Crippen molar-refractivity contribution in [3.63, 3.8) is 0 Å². The monoisotopic (exact) mass is 406 g/mol. The average molecular weight is 407 g/mol. The second kappa shape index (κ2) is 8.16. The molecule has 0 radical (unpaired) electrons. The number of aromatic nitrogens is 5. The molecule has 0 fully saturated rings. The molecule has 0 saturated carbocycles. The molecule has 0 atom stereocenters. The number of hydrogen-bond donors (Lipinski definition) is 2. The highest BCUT2D eigenvalue weighted by Crippen LogP contribution is 2.22. The zero-order chi connectivity index (χ0) is 19.3. The first kappa shape index (κ1) is 18.1. The average Bonchev–Trinajstić information content (AvgIpc) is 3.35. The second-order valence-corrected chi connectivity index (χ2v) is 6.70. The fourth-order valence-electron chi connectivity index (χ4n) is 2.62. The molecule has 4 aromatic rings. The minimum Gasteiger partial charge on any atom is -0.274 e. The zero-order valence-corrected chi connectivity index (χ0v) is 16.2. The Morgan fingerprint density at radius 1 is 1.00 bits per heavy atom. The predicted octanol–water partition coefficient (Wildman–Crippen LogP) is 5.11. The fraction of sp³-hybridized carbons (Fsp3) is 0. The first-order valence-corrected chi connectivity index (χ1v) is 9.24. The molecule has 138 valence electrons. The van der Waals surface area contributed by atoms with E-state index in [2.05, 4.69) is 25.5 Å². The second-order valence-electron chi connectivity index (χ2n) is 5.88. The van der Waals surface area contributed by atoms with Crippen LogP contribution in [0.15, 0.2) is 76.9 Å². The van der Waals surface area contributed by atoms with E-state index in [4.69, 9.17) is 23.8 Å². The van der Waals surface area contributed by atoms with Crippen molar-refractivity contribution < 1.29 is 0 Å². The highest BCUT2D eigenvalue weighted by Gasteiger charge is 2.12. The fourth-order valence-corrected chi connectivity index (χ4v) is 2.97. The van der Waals surface area contributed by atoms with Gasteiger partial charge in [0, 0.05) is 5.56 Å². The van der Waals surface area contributed by atoms with Gasteiger partial charge in [-0.05, 0) is 29.9 Å². The maximum atomic E-state index is 6.28. The maximum absolute atomic E-state index is 6.28. The molecular weight excluding hydrogens is 392 g/mol. The van der Waals surface area contributed by atoms with Gasteiger partial charge >= 0.3 is 0 Å². The van der Waals surface area contributed by atoms with Gasteiger partial charge in [-0.25, -0.2) is 5.10 Å². The number of halogens is 1. The molecule has 0 spiro atoms. The van der Waals surface area contributed by atoms with E-state index in [0.717, 1.165) is 16.8 Å². The molecule has 6 nitrogen and oxygen atoms in total. The van der Waals surface area contributed by atoms with Crippen LogP contribution in [0, 0.1) is 4.77 Å². The lowest BCUT2D eigenvalue weighted by Gasteiger charge is -1.97. The number of aromatic amines is 2. The number of nitrogens with zero attached hydrogens (tertiary/aromatic N) is 4. The van der Waals surface area contributed by atoms with Gasteiger partial charge in [-0.1, -0.05) is 72.3 Å². The van der Waals surface area contributed by atoms with Crippen LogP contribution >= 0.6 is 23.8 Å². The molecule has 0 aliphatic carbocycles. The molecule has 4 rings (SSSR count). The Morgan fingerprint density at radius 3 is 2.46 bits per heavy atom. The number of nitrogens with one attached hydrogen (secondary N) is 2. The molecular formula is C20H15ClN6S. The Bertz CT molecular complexity index is 1190. The lowest BCUT2D eigenvalue weighted by atomic mass is 10.1. The molecule has 0 aliphatic heterocycles. The summed E-state index contributed by atoms with van der Waals surface area (Å²) in [5.74, 6) is 0.514. The minimum absolute atomic E-state index is 0.353. The van der Waals surface area contributed by atoms with Gasteiger partial charge in [0.05, 0.1) is 16.9 Å². The van der Waals surface area contributed by atoms with Crippen LogP contribution in [0.5, 0.6) is 0 Å². The topological polar surface area (TPSA) is 74.7 Å². The van der Waals surface area contributed by atoms with E-state index in [1.165, 1.54) is 10.9 Å². The number of hydrogen-bond acceptors (Lipinski definition) is 4. The first-order chi connectivity index (χ1) is 13.7. The summed E-state index contributed by atoms with van der Waals surface area (Å²) in [6.07, 6.45) is 3.34. The number of H-pyrrole nitrogens is 2. The molecule has 0 bridgehead atoms. The molecule has 0 unspecified atom stereocenters. The van der Waals surface area contributed by atoms with E-state index in [0.29, 0.717) is 21.3 Å². The summed E-state index contributed by atoms with van der Waals surface area (Å²) >= 11 is 11.6. The number of allylic oxidation sites excluding steroid dienone is 1. The Labute approximate surface area is 171 Å². The summed E-state index contributed by atoms with van der Waals surface area (Å²) in [4.78, 5) is 0. The molecule has 28 heavy (non-hydrogen) atoms. The van der Waals surface area contributed by atoms with Crippen molar-refractivity contribution in [3.8, 4) is 22.8 Å². The van der Waals surface area contributed by atoms with Gasteiger partial charge in [0.1, 0.15) is 5.69 Å². The van der Waals surface area contributed by atoms with Gasteiger partial charge in [0.15, 0.2) is 0 Å². The molecule has 2 aromatic carbocycles. The van der Waals surface area contributed by atoms with Gasteiger partial charge in [-0.3, -0.25) is 5.10 Å². The van der Waals surface area contributed by atoms with Gasteiger partial charge < -0.3 is 0 Å². The van der Waals surface area contributed by atoms with Gasteiger partial charge in [0.2, 0.25) is 10.6 Å². The van der Waals surface area contributed by atoms with Crippen LogP contribution in [-0.2, 0) is 0 Å². The Kier molecular flexibility index (Phi) is 5.27. The summed E-state index contributed by atoms with van der Waals surface area (Å²) in [5, 5.41) is 19.2. The molecule has 2 heterocycles. The third-order valence-corrected chi connectivity index (χ3v) is 4.41. The van der Waals surface area contributed by atoms with E-state index < -0.39 is 0 Å². The van der Waals surface area contributed by atoms with Gasteiger partial charge in [0.25, 0.3) is 0 Å². The Morgan fingerprint density at radius 2 is 1.71 bits per heavy atom. The quantitative estimate of drug-likeness (QED) is 0.357. The molecule has 2 N–H and O–H groups in total. The maximum Gasteiger partial charge on any atom is 0.216 e. The summed E-state index contributed by atoms with van der Waals surface area (Å²) in [6.45, 7) is 0. The van der Waals surface area contributed by atoms with Crippen molar-refractivity contribution in [2.45, 2.75) is 0 Å². The molecule has 8 heteroatoms. The molecule has 0 saturated heterocycles. The van der Waals surface area contributed by atoms with Crippen molar-refractivity contribution in [1.82, 2.24) is 25.1 Å². The minimum atomic E-state index is 0.353. The van der Waals surface area contributed by atoms with E-state index in [-0.39, 0.29) is 0 Å². The van der Waals surface area contributed by atoms with Crippen LogP contribution in [0.1, 0.15) is 5.56 Å². The zero-order valence-electron chi connectivity index (χ0n) is 14.6. The van der Waals surface area contributed by atoms with Crippen LogP contribution in [0.25, 0.3) is 28.9 Å². The lowest BCUT2D eigenvalue weighted by molar-refractivity contribution is 0.866. The van der Waals surface area contributed by atoms with E-state index in [9.17, 15) is 0 Å². The van der Waals surface area contributed by atoms with Crippen molar-refractivity contribution in [2.75, 3.05) is 0 Å². The van der Waals surface area contributed by atoms with Gasteiger partial charge in [-0.15, -0.1) is 0 Å². The summed E-state index contributed by atoms with van der Waals surface area (Å²) in [7, 11) is 0. The third-order valence-electron chi connectivity index (χ3n) is 3.94. The summed E-state index contributed by atoms with van der Waals surface area (Å²) < 4.78 is 1.85. The molecule has 0 aliphatic rings. The number of rotatable bonds is 5. The first-order valence-electron chi connectivity index (χ1n) is 8.46. The van der Waals surface area contributed by atoms with Gasteiger partial charge in [-0.2, -0.15) is 20.0 Å². The van der Waals surface area contributed by atoms with Crippen LogP contribution in [0.3, 0.4) is 0 Å². The van der Waals surface area contributed by atoms with Crippen molar-refractivity contribution in [2.24, 2.45) is 5.10 Å². The van der Waals surface area contributed by atoms with Crippen molar-refractivity contribution >= 4 is 36.1 Å². The SMILES string of the molecule is S=c1[nH]nc(-c2cc(-c3ccccc3)n[nH]2)n1/N=C/C(Cl)=C/c1ccccc1. The summed E-state index contributed by atoms with van der Waals surface area (Å²) in [5.41, 5.74) is 3.48. The Balaban J connectivity index is 1.63. The van der Waals surface area contributed by atoms with Crippen LogP contribution in [-0.4, -0.2) is 31.3 Å². The smallest absolute Gasteiger partial charge is 0.216 e. The van der Waals surface area contributed by atoms with E-state index in [1.807, 2.05) is 72.8 Å². The normalized spacial score (nSPS) is 12.0. The van der Waals surface area contributed by atoms with Crippen LogP contribution < -0.4 is 0 Å². The lowest BCUT2D eigenvalue weighted by Crippen LogP contribution is -1.94. The molecule has 2 aromatic heterocycles. The van der Waals surface area contributed by atoms with E-state index in [1.54, 1.807) is 0 Å². The third kappa shape index (κ3) is 4.00. The highest BCUT2D eigenvalue weighted by molar-refractivity contribution is 7.71. The van der Waals surface area contributed by atoms with Crippen LogP contribution in [0.2, 0.25) is 0 Å². The number of benzene rings is 2. The van der Waals surface area contributed by atoms with Crippen LogP contribution in [0.4, 0.5) is 0 Å². The Hall–Kier alpha value is -3.29. The highest BCUT2D eigenvalue weighted by atomic mass is 35.5. The largest absolute Gasteiger partial charge is 0.274 e. The van der Waals surface area contributed by atoms with Crippen molar-refractivity contribution in [3.05, 3.63) is 82.1 Å². The summed E-state index contributed by atoms with van der Waals surface area (Å²) in [6, 6.07) is 21.5. The van der Waals surface area contributed by atoms with Crippen molar-refractivity contribution in [1.29, 1.82) is 0 Å².